The summed E-state index contributed by atoms with van der Waals surface area (Å²) in [6.45, 7) is 3.63. The number of nitrogens with zero attached hydrogens (tertiary/aromatic N) is 2. The van der Waals surface area contributed by atoms with Gasteiger partial charge in [0.05, 0.1) is 16.8 Å². The Morgan fingerprint density at radius 1 is 0.963 bits per heavy atom. The summed E-state index contributed by atoms with van der Waals surface area (Å²) in [4.78, 5) is 38.9. The zero-order chi connectivity index (χ0) is 19.1. The molecule has 3 aromatic rings. The summed E-state index contributed by atoms with van der Waals surface area (Å²) in [5, 5.41) is 6.30. The van der Waals surface area contributed by atoms with Crippen molar-refractivity contribution in [3.05, 3.63) is 76.5 Å². The molecule has 0 radical (unpaired) electrons. The van der Waals surface area contributed by atoms with E-state index in [0.717, 1.165) is 10.5 Å². The number of nitrogens with one attached hydrogen (secondary N) is 1. The molecule has 0 bridgehead atoms. The van der Waals surface area contributed by atoms with Gasteiger partial charge >= 0.3 is 0 Å². The van der Waals surface area contributed by atoms with Crippen LogP contribution in [0.3, 0.4) is 0 Å². The molecule has 4 rings (SSSR count). The molecular formula is C20H15N3O4. The van der Waals surface area contributed by atoms with E-state index in [1.54, 1.807) is 25.1 Å². The molecule has 0 spiro atoms. The molecule has 2 heterocycles. The van der Waals surface area contributed by atoms with Crippen LogP contribution in [0.5, 0.6) is 0 Å². The molecule has 3 amide bonds. The molecule has 0 saturated heterocycles. The van der Waals surface area contributed by atoms with Crippen LogP contribution in [0.1, 0.15) is 42.4 Å². The zero-order valence-corrected chi connectivity index (χ0v) is 14.6. The van der Waals surface area contributed by atoms with E-state index in [-0.39, 0.29) is 22.5 Å². The SMILES string of the molecule is Cc1ccc(N2C(=O)c3ccc(C(=O)Nc4cc(C)on4)cc3C2=O)cc1. The fraction of sp³-hybridized carbons (Fsp3) is 0.100. The number of aryl methyl sites for hydroxylation is 2. The van der Waals surface area contributed by atoms with Crippen molar-refractivity contribution in [2.75, 3.05) is 10.2 Å². The van der Waals surface area contributed by atoms with Gasteiger partial charge in [0.1, 0.15) is 5.76 Å². The van der Waals surface area contributed by atoms with Crippen LogP contribution in [-0.2, 0) is 0 Å². The van der Waals surface area contributed by atoms with Gasteiger partial charge in [-0.2, -0.15) is 0 Å². The third kappa shape index (κ3) is 2.89. The molecule has 1 N–H and O–H groups in total. The van der Waals surface area contributed by atoms with Gasteiger partial charge in [0.15, 0.2) is 5.82 Å². The molecular weight excluding hydrogens is 346 g/mol. The van der Waals surface area contributed by atoms with E-state index in [4.69, 9.17) is 4.52 Å². The first-order chi connectivity index (χ1) is 12.9. The molecule has 1 aliphatic rings. The highest BCUT2D eigenvalue weighted by molar-refractivity contribution is 6.34. The predicted octanol–water partition coefficient (Wildman–Crippen LogP) is 3.34. The summed E-state index contributed by atoms with van der Waals surface area (Å²) in [6.07, 6.45) is 0. The second kappa shape index (κ2) is 6.21. The Balaban J connectivity index is 1.64. The van der Waals surface area contributed by atoms with Gasteiger partial charge in [-0.3, -0.25) is 14.4 Å². The number of imide groups is 1. The van der Waals surface area contributed by atoms with Crippen LogP contribution in [0, 0.1) is 13.8 Å². The maximum atomic E-state index is 12.8. The summed E-state index contributed by atoms with van der Waals surface area (Å²) in [5.74, 6) is -0.459. The minimum absolute atomic E-state index is 0.199. The second-order valence-electron chi connectivity index (χ2n) is 6.32. The van der Waals surface area contributed by atoms with Crippen molar-refractivity contribution in [2.24, 2.45) is 0 Å². The quantitative estimate of drug-likeness (QED) is 0.722. The highest BCUT2D eigenvalue weighted by Gasteiger charge is 2.37. The lowest BCUT2D eigenvalue weighted by atomic mass is 10.1. The van der Waals surface area contributed by atoms with Crippen LogP contribution >= 0.6 is 0 Å². The largest absolute Gasteiger partial charge is 0.360 e. The van der Waals surface area contributed by atoms with Crippen molar-refractivity contribution in [2.45, 2.75) is 13.8 Å². The van der Waals surface area contributed by atoms with E-state index in [1.807, 2.05) is 19.1 Å². The average Bonchev–Trinajstić information content (AvgIpc) is 3.17. The summed E-state index contributed by atoms with van der Waals surface area (Å²) < 4.78 is 4.91. The molecule has 2 aromatic carbocycles. The summed E-state index contributed by atoms with van der Waals surface area (Å²) in [6, 6.07) is 13.1. The lowest BCUT2D eigenvalue weighted by molar-refractivity contribution is 0.0925. The van der Waals surface area contributed by atoms with Gasteiger partial charge in [-0.15, -0.1) is 0 Å². The summed E-state index contributed by atoms with van der Waals surface area (Å²) in [7, 11) is 0. The number of rotatable bonds is 3. The monoisotopic (exact) mass is 361 g/mol. The Morgan fingerprint density at radius 3 is 2.33 bits per heavy atom. The minimum atomic E-state index is -0.453. The van der Waals surface area contributed by atoms with Gasteiger partial charge < -0.3 is 9.84 Å². The summed E-state index contributed by atoms with van der Waals surface area (Å²) >= 11 is 0. The third-order valence-electron chi connectivity index (χ3n) is 4.31. The Labute approximate surface area is 154 Å². The normalized spacial score (nSPS) is 13.0. The van der Waals surface area contributed by atoms with E-state index in [0.29, 0.717) is 11.4 Å². The van der Waals surface area contributed by atoms with Gasteiger partial charge in [0.25, 0.3) is 17.7 Å². The molecule has 134 valence electrons. The van der Waals surface area contributed by atoms with Crippen molar-refractivity contribution in [1.82, 2.24) is 5.16 Å². The van der Waals surface area contributed by atoms with Gasteiger partial charge in [0.2, 0.25) is 0 Å². The van der Waals surface area contributed by atoms with Crippen LogP contribution in [0.15, 0.2) is 53.1 Å². The molecule has 1 aliphatic heterocycles. The van der Waals surface area contributed by atoms with Crippen LogP contribution in [0.2, 0.25) is 0 Å². The number of carbonyl (C=O) groups is 3. The Kier molecular flexibility index (Phi) is 3.84. The van der Waals surface area contributed by atoms with E-state index in [2.05, 4.69) is 10.5 Å². The highest BCUT2D eigenvalue weighted by atomic mass is 16.5. The van der Waals surface area contributed by atoms with E-state index < -0.39 is 17.7 Å². The van der Waals surface area contributed by atoms with Crippen LogP contribution < -0.4 is 10.2 Å². The molecule has 0 unspecified atom stereocenters. The zero-order valence-electron chi connectivity index (χ0n) is 14.6. The summed E-state index contributed by atoms with van der Waals surface area (Å²) in [5.41, 5.74) is 2.24. The van der Waals surface area contributed by atoms with Crippen LogP contribution in [0.4, 0.5) is 11.5 Å². The number of benzene rings is 2. The molecule has 0 fully saturated rings. The van der Waals surface area contributed by atoms with Gasteiger partial charge in [-0.25, -0.2) is 4.90 Å². The highest BCUT2D eigenvalue weighted by Crippen LogP contribution is 2.29. The van der Waals surface area contributed by atoms with Gasteiger partial charge in [-0.1, -0.05) is 22.9 Å². The smallest absolute Gasteiger partial charge is 0.266 e. The van der Waals surface area contributed by atoms with Gasteiger partial charge in [-0.05, 0) is 44.2 Å². The third-order valence-corrected chi connectivity index (χ3v) is 4.31. The molecule has 1 aromatic heterocycles. The van der Waals surface area contributed by atoms with Crippen LogP contribution in [0.25, 0.3) is 0 Å². The fourth-order valence-corrected chi connectivity index (χ4v) is 2.92. The van der Waals surface area contributed by atoms with Crippen molar-refractivity contribution in [3.8, 4) is 0 Å². The maximum Gasteiger partial charge on any atom is 0.266 e. The minimum Gasteiger partial charge on any atom is -0.360 e. The topological polar surface area (TPSA) is 92.5 Å². The lowest BCUT2D eigenvalue weighted by Crippen LogP contribution is -2.29. The molecule has 27 heavy (non-hydrogen) atoms. The fourth-order valence-electron chi connectivity index (χ4n) is 2.92. The molecule has 7 heteroatoms. The molecule has 0 atom stereocenters. The van der Waals surface area contributed by atoms with Crippen molar-refractivity contribution in [1.29, 1.82) is 0 Å². The molecule has 0 aliphatic carbocycles. The number of carbonyl (C=O) groups excluding carboxylic acids is 3. The number of fused-ring (bicyclic) bond motifs is 1. The number of hydrogen-bond donors (Lipinski definition) is 1. The van der Waals surface area contributed by atoms with E-state index >= 15 is 0 Å². The number of aromatic nitrogens is 1. The first-order valence-electron chi connectivity index (χ1n) is 8.28. The van der Waals surface area contributed by atoms with Crippen molar-refractivity contribution >= 4 is 29.2 Å². The average molecular weight is 361 g/mol. The van der Waals surface area contributed by atoms with Crippen LogP contribution in [-0.4, -0.2) is 22.9 Å². The lowest BCUT2D eigenvalue weighted by Gasteiger charge is -2.13. The maximum absolute atomic E-state index is 12.8. The van der Waals surface area contributed by atoms with Crippen molar-refractivity contribution in [3.63, 3.8) is 0 Å². The van der Waals surface area contributed by atoms with Gasteiger partial charge in [0, 0.05) is 11.6 Å². The number of amides is 3. The van der Waals surface area contributed by atoms with E-state index in [1.165, 1.54) is 18.2 Å². The molecule has 0 saturated carbocycles. The standard InChI is InChI=1S/C20H15N3O4/c1-11-3-6-14(7-4-11)23-19(25)15-8-5-13(10-16(15)20(23)26)18(24)21-17-9-12(2)27-22-17/h3-10H,1-2H3,(H,21,22,24). The first-order valence-corrected chi connectivity index (χ1v) is 8.28. The Hall–Kier alpha value is -3.74. The first kappa shape index (κ1) is 16.7. The number of hydrogen-bond acceptors (Lipinski definition) is 5. The molecule has 7 nitrogen and oxygen atoms in total. The Bertz CT molecular complexity index is 1080. The number of anilines is 2. The van der Waals surface area contributed by atoms with E-state index in [9.17, 15) is 14.4 Å². The Morgan fingerprint density at radius 2 is 1.67 bits per heavy atom. The second-order valence-corrected chi connectivity index (χ2v) is 6.32. The van der Waals surface area contributed by atoms with Crippen molar-refractivity contribution < 1.29 is 18.9 Å². The predicted molar refractivity (Wildman–Crippen MR) is 98.0 cm³/mol.